The van der Waals surface area contributed by atoms with E-state index in [0.29, 0.717) is 23.7 Å². The van der Waals surface area contributed by atoms with Gasteiger partial charge in [0, 0.05) is 0 Å². The number of ether oxygens (including phenoxy) is 2. The van der Waals surface area contributed by atoms with Crippen LogP contribution in [0.1, 0.15) is 22.8 Å². The molecule has 2 aromatic carbocycles. The molecule has 0 unspecified atom stereocenters. The molecule has 0 spiro atoms. The SMILES string of the molecule is CCOc1cc(C)ccc1C(=O)Oc1ccccc1. The van der Waals surface area contributed by atoms with E-state index in [1.54, 1.807) is 18.2 Å². The number of aryl methyl sites for hydroxylation is 1. The molecule has 0 aliphatic carbocycles. The summed E-state index contributed by atoms with van der Waals surface area (Å²) in [7, 11) is 0. The molecule has 0 radical (unpaired) electrons. The van der Waals surface area contributed by atoms with E-state index in [0.717, 1.165) is 5.56 Å². The van der Waals surface area contributed by atoms with Gasteiger partial charge in [0.2, 0.25) is 0 Å². The Morgan fingerprint density at radius 1 is 1.11 bits per heavy atom. The number of benzene rings is 2. The predicted octanol–water partition coefficient (Wildman–Crippen LogP) is 3.61. The van der Waals surface area contributed by atoms with Crippen LogP contribution in [-0.2, 0) is 0 Å². The largest absolute Gasteiger partial charge is 0.493 e. The van der Waals surface area contributed by atoms with Crippen molar-refractivity contribution in [2.24, 2.45) is 0 Å². The Hall–Kier alpha value is -2.29. The van der Waals surface area contributed by atoms with E-state index in [-0.39, 0.29) is 0 Å². The molecular weight excluding hydrogens is 240 g/mol. The standard InChI is InChI=1S/C16H16O3/c1-3-18-15-11-12(2)9-10-14(15)16(17)19-13-7-5-4-6-8-13/h4-11H,3H2,1-2H3. The highest BCUT2D eigenvalue weighted by Crippen LogP contribution is 2.22. The Morgan fingerprint density at radius 3 is 2.53 bits per heavy atom. The Labute approximate surface area is 112 Å². The summed E-state index contributed by atoms with van der Waals surface area (Å²) < 4.78 is 10.8. The first-order chi connectivity index (χ1) is 9.20. The second kappa shape index (κ2) is 6.05. The zero-order valence-corrected chi connectivity index (χ0v) is 11.1. The average molecular weight is 256 g/mol. The van der Waals surface area contributed by atoms with Crippen molar-refractivity contribution in [2.45, 2.75) is 13.8 Å². The smallest absolute Gasteiger partial charge is 0.347 e. The lowest BCUT2D eigenvalue weighted by Crippen LogP contribution is -2.11. The molecule has 0 atom stereocenters. The number of esters is 1. The van der Waals surface area contributed by atoms with Crippen molar-refractivity contribution in [1.82, 2.24) is 0 Å². The molecule has 0 aliphatic heterocycles. The minimum atomic E-state index is -0.408. The molecule has 2 rings (SSSR count). The van der Waals surface area contributed by atoms with Crippen LogP contribution >= 0.6 is 0 Å². The lowest BCUT2D eigenvalue weighted by atomic mass is 10.1. The summed E-state index contributed by atoms with van der Waals surface area (Å²) >= 11 is 0. The lowest BCUT2D eigenvalue weighted by molar-refractivity contribution is 0.0730. The van der Waals surface area contributed by atoms with E-state index in [9.17, 15) is 4.79 Å². The average Bonchev–Trinajstić information content (AvgIpc) is 2.40. The summed E-state index contributed by atoms with van der Waals surface area (Å²) in [6.45, 7) is 4.35. The monoisotopic (exact) mass is 256 g/mol. The molecule has 3 nitrogen and oxygen atoms in total. The number of hydrogen-bond donors (Lipinski definition) is 0. The molecule has 0 bridgehead atoms. The third-order valence-electron chi connectivity index (χ3n) is 2.61. The van der Waals surface area contributed by atoms with E-state index in [2.05, 4.69) is 0 Å². The molecule has 0 saturated carbocycles. The van der Waals surface area contributed by atoms with E-state index < -0.39 is 5.97 Å². The van der Waals surface area contributed by atoms with Gasteiger partial charge in [-0.2, -0.15) is 0 Å². The van der Waals surface area contributed by atoms with Gasteiger partial charge in [0.1, 0.15) is 17.1 Å². The number of para-hydroxylation sites is 1. The van der Waals surface area contributed by atoms with Crippen LogP contribution < -0.4 is 9.47 Å². The van der Waals surface area contributed by atoms with Gasteiger partial charge in [-0.15, -0.1) is 0 Å². The number of carbonyl (C=O) groups is 1. The molecule has 0 aliphatic rings. The molecule has 0 amide bonds. The van der Waals surface area contributed by atoms with Crippen molar-refractivity contribution in [1.29, 1.82) is 0 Å². The predicted molar refractivity (Wildman–Crippen MR) is 73.7 cm³/mol. The van der Waals surface area contributed by atoms with Crippen LogP contribution in [0.3, 0.4) is 0 Å². The van der Waals surface area contributed by atoms with Crippen molar-refractivity contribution in [2.75, 3.05) is 6.61 Å². The van der Waals surface area contributed by atoms with Crippen molar-refractivity contribution < 1.29 is 14.3 Å². The van der Waals surface area contributed by atoms with E-state index in [4.69, 9.17) is 9.47 Å². The summed E-state index contributed by atoms with van der Waals surface area (Å²) in [5, 5.41) is 0. The molecule has 19 heavy (non-hydrogen) atoms. The van der Waals surface area contributed by atoms with Crippen LogP contribution in [0, 0.1) is 6.92 Å². The number of hydrogen-bond acceptors (Lipinski definition) is 3. The van der Waals surface area contributed by atoms with Crippen LogP contribution in [0.2, 0.25) is 0 Å². The molecule has 0 saturated heterocycles. The Bertz CT molecular complexity index is 561. The summed E-state index contributed by atoms with van der Waals surface area (Å²) in [4.78, 5) is 12.1. The van der Waals surface area contributed by atoms with Gasteiger partial charge in [-0.05, 0) is 43.7 Å². The van der Waals surface area contributed by atoms with Gasteiger partial charge in [0.05, 0.1) is 6.61 Å². The summed E-state index contributed by atoms with van der Waals surface area (Å²) in [5.41, 5.74) is 1.48. The van der Waals surface area contributed by atoms with Crippen molar-refractivity contribution in [3.8, 4) is 11.5 Å². The van der Waals surface area contributed by atoms with Gasteiger partial charge in [0.25, 0.3) is 0 Å². The van der Waals surface area contributed by atoms with Gasteiger partial charge >= 0.3 is 5.97 Å². The maximum absolute atomic E-state index is 12.1. The molecule has 0 fully saturated rings. The minimum Gasteiger partial charge on any atom is -0.493 e. The molecule has 0 N–H and O–H groups in total. The molecule has 2 aromatic rings. The molecule has 0 aromatic heterocycles. The molecule has 0 heterocycles. The minimum absolute atomic E-state index is 0.408. The Kier molecular flexibility index (Phi) is 4.18. The highest BCUT2D eigenvalue weighted by Gasteiger charge is 2.14. The van der Waals surface area contributed by atoms with Crippen molar-refractivity contribution >= 4 is 5.97 Å². The first kappa shape index (κ1) is 13.1. The normalized spacial score (nSPS) is 10.0. The number of rotatable bonds is 4. The van der Waals surface area contributed by atoms with Gasteiger partial charge in [-0.3, -0.25) is 0 Å². The van der Waals surface area contributed by atoms with Crippen molar-refractivity contribution in [3.63, 3.8) is 0 Å². The first-order valence-electron chi connectivity index (χ1n) is 6.21. The fourth-order valence-corrected chi connectivity index (χ4v) is 1.72. The van der Waals surface area contributed by atoms with Gasteiger partial charge in [0.15, 0.2) is 0 Å². The highest BCUT2D eigenvalue weighted by molar-refractivity contribution is 5.94. The maximum Gasteiger partial charge on any atom is 0.347 e. The lowest BCUT2D eigenvalue weighted by Gasteiger charge is -2.10. The zero-order chi connectivity index (χ0) is 13.7. The van der Waals surface area contributed by atoms with Gasteiger partial charge < -0.3 is 9.47 Å². The zero-order valence-electron chi connectivity index (χ0n) is 11.1. The van der Waals surface area contributed by atoms with Crippen LogP contribution in [-0.4, -0.2) is 12.6 Å². The van der Waals surface area contributed by atoms with Gasteiger partial charge in [-0.1, -0.05) is 24.3 Å². The highest BCUT2D eigenvalue weighted by atomic mass is 16.5. The quantitative estimate of drug-likeness (QED) is 0.619. The van der Waals surface area contributed by atoms with Crippen LogP contribution in [0.4, 0.5) is 0 Å². The van der Waals surface area contributed by atoms with Crippen molar-refractivity contribution in [3.05, 3.63) is 59.7 Å². The Balaban J connectivity index is 2.23. The third-order valence-corrected chi connectivity index (χ3v) is 2.61. The van der Waals surface area contributed by atoms with E-state index >= 15 is 0 Å². The number of carbonyl (C=O) groups excluding carboxylic acids is 1. The molecular formula is C16H16O3. The second-order valence-electron chi connectivity index (χ2n) is 4.14. The Morgan fingerprint density at radius 2 is 1.84 bits per heavy atom. The fraction of sp³-hybridized carbons (Fsp3) is 0.188. The van der Waals surface area contributed by atoms with Gasteiger partial charge in [-0.25, -0.2) is 4.79 Å². The van der Waals surface area contributed by atoms with Crippen LogP contribution in [0.5, 0.6) is 11.5 Å². The third kappa shape index (κ3) is 3.35. The summed E-state index contributed by atoms with van der Waals surface area (Å²) in [5.74, 6) is 0.675. The first-order valence-corrected chi connectivity index (χ1v) is 6.21. The topological polar surface area (TPSA) is 35.5 Å². The molecule has 3 heteroatoms. The maximum atomic E-state index is 12.1. The fourth-order valence-electron chi connectivity index (χ4n) is 1.72. The molecule has 98 valence electrons. The summed E-state index contributed by atoms with van der Waals surface area (Å²) in [6.07, 6.45) is 0. The summed E-state index contributed by atoms with van der Waals surface area (Å²) in [6, 6.07) is 14.4. The van der Waals surface area contributed by atoms with Crippen LogP contribution in [0.25, 0.3) is 0 Å². The van der Waals surface area contributed by atoms with Crippen LogP contribution in [0.15, 0.2) is 48.5 Å². The van der Waals surface area contributed by atoms with E-state index in [1.165, 1.54) is 0 Å². The second-order valence-corrected chi connectivity index (χ2v) is 4.14. The van der Waals surface area contributed by atoms with E-state index in [1.807, 2.05) is 44.2 Å².